The van der Waals surface area contributed by atoms with Crippen LogP contribution in [0.4, 0.5) is 4.39 Å². The van der Waals surface area contributed by atoms with E-state index < -0.39 is 29.3 Å². The van der Waals surface area contributed by atoms with Crippen LogP contribution in [0.15, 0.2) is 78.6 Å². The van der Waals surface area contributed by atoms with E-state index in [1.54, 1.807) is 42.7 Å². The summed E-state index contributed by atoms with van der Waals surface area (Å²) in [6.45, 7) is 0.134. The number of carbonyl (C=O) groups excluding carboxylic acids is 2. The fourth-order valence-corrected chi connectivity index (χ4v) is 3.63. The average Bonchev–Trinajstić information content (AvgIpc) is 3.00. The lowest BCUT2D eigenvalue weighted by atomic mass is 9.95. The fourth-order valence-electron chi connectivity index (χ4n) is 3.51. The maximum atomic E-state index is 13.3. The van der Waals surface area contributed by atoms with Crippen molar-refractivity contribution in [3.63, 3.8) is 0 Å². The summed E-state index contributed by atoms with van der Waals surface area (Å²) in [4.78, 5) is 30.1. The van der Waals surface area contributed by atoms with Crippen molar-refractivity contribution in [3.05, 3.63) is 106 Å². The number of rotatable bonds is 4. The quantitative estimate of drug-likeness (QED) is 0.368. The van der Waals surface area contributed by atoms with Gasteiger partial charge < -0.3 is 10.0 Å². The molecule has 2 heterocycles. The normalized spacial score (nSPS) is 18.1. The number of aromatic nitrogens is 1. The molecule has 3 aromatic rings. The first-order chi connectivity index (χ1) is 14.5. The number of amides is 1. The van der Waals surface area contributed by atoms with E-state index in [0.29, 0.717) is 10.6 Å². The molecule has 0 aliphatic carbocycles. The number of hydrogen-bond acceptors (Lipinski definition) is 3. The van der Waals surface area contributed by atoms with E-state index in [-0.39, 0.29) is 17.7 Å². The third kappa shape index (κ3) is 3.69. The zero-order valence-corrected chi connectivity index (χ0v) is 16.4. The molecule has 1 unspecified atom stereocenters. The Bertz CT molecular complexity index is 1130. The molecule has 150 valence electrons. The Morgan fingerprint density at radius 1 is 1.07 bits per heavy atom. The first kappa shape index (κ1) is 19.8. The van der Waals surface area contributed by atoms with Crippen LogP contribution in [-0.2, 0) is 16.1 Å². The van der Waals surface area contributed by atoms with E-state index in [4.69, 9.17) is 11.6 Å². The summed E-state index contributed by atoms with van der Waals surface area (Å²) in [7, 11) is 0. The second-order valence-corrected chi connectivity index (χ2v) is 7.31. The maximum absolute atomic E-state index is 13.3. The first-order valence-electron chi connectivity index (χ1n) is 9.18. The van der Waals surface area contributed by atoms with Gasteiger partial charge in [0.2, 0.25) is 5.78 Å². The summed E-state index contributed by atoms with van der Waals surface area (Å²) in [6, 6.07) is 14.2. The second-order valence-electron chi connectivity index (χ2n) is 6.88. The molecule has 1 aliphatic rings. The highest BCUT2D eigenvalue weighted by atomic mass is 35.5. The molecule has 1 aromatic heterocycles. The minimum absolute atomic E-state index is 0.134. The number of nitrogens with one attached hydrogen (secondary N) is 1. The van der Waals surface area contributed by atoms with Gasteiger partial charge in [-0.05, 0) is 41.5 Å². The van der Waals surface area contributed by atoms with Crippen LogP contribution in [0.5, 0.6) is 0 Å². The molecule has 1 aliphatic heterocycles. The van der Waals surface area contributed by atoms with E-state index in [1.807, 2.05) is 6.07 Å². The molecular weight excluding hydrogens is 407 g/mol. The molecule has 0 spiro atoms. The molecule has 1 amide bonds. The third-order valence-corrected chi connectivity index (χ3v) is 5.20. The molecule has 0 radical (unpaired) electrons. The number of halogens is 2. The molecule has 1 N–H and O–H groups in total. The van der Waals surface area contributed by atoms with Crippen molar-refractivity contribution < 1.29 is 24.1 Å². The van der Waals surface area contributed by atoms with Crippen LogP contribution >= 0.6 is 11.6 Å². The minimum Gasteiger partial charge on any atom is -0.872 e. The lowest BCUT2D eigenvalue weighted by molar-refractivity contribution is -0.378. The van der Waals surface area contributed by atoms with Crippen molar-refractivity contribution in [2.45, 2.75) is 12.6 Å². The SMILES string of the molecule is O=C1C(=O)N(Cc2ccc[nH+]c2)C(c2ccc(Cl)cc2)C1=C([O-])c1ccc(F)cc1. The van der Waals surface area contributed by atoms with Crippen molar-refractivity contribution in [2.24, 2.45) is 0 Å². The Kier molecular flexibility index (Phi) is 5.33. The van der Waals surface area contributed by atoms with Gasteiger partial charge in [-0.2, -0.15) is 0 Å². The third-order valence-electron chi connectivity index (χ3n) is 4.95. The van der Waals surface area contributed by atoms with Gasteiger partial charge in [-0.15, -0.1) is 0 Å². The summed E-state index contributed by atoms with van der Waals surface area (Å²) in [5, 5.41) is 13.7. The topological polar surface area (TPSA) is 74.6 Å². The number of ketones is 1. The van der Waals surface area contributed by atoms with Crippen molar-refractivity contribution in [1.82, 2.24) is 4.90 Å². The molecule has 1 atom stereocenters. The van der Waals surface area contributed by atoms with Crippen molar-refractivity contribution in [3.8, 4) is 0 Å². The number of hydrogen-bond donors (Lipinski definition) is 0. The predicted molar refractivity (Wildman–Crippen MR) is 106 cm³/mol. The zero-order chi connectivity index (χ0) is 21.3. The Morgan fingerprint density at radius 3 is 2.40 bits per heavy atom. The summed E-state index contributed by atoms with van der Waals surface area (Å²) >= 11 is 5.99. The van der Waals surface area contributed by atoms with E-state index >= 15 is 0 Å². The fraction of sp³-hybridized carbons (Fsp3) is 0.0870. The van der Waals surface area contributed by atoms with Gasteiger partial charge in [-0.25, -0.2) is 9.37 Å². The molecule has 2 aromatic carbocycles. The van der Waals surface area contributed by atoms with Crippen molar-refractivity contribution >= 4 is 29.1 Å². The minimum atomic E-state index is -0.875. The number of nitrogens with zero attached hydrogens (tertiary/aromatic N) is 1. The largest absolute Gasteiger partial charge is 0.872 e. The standard InChI is InChI=1S/C23H16ClFN2O3/c24-17-7-3-15(4-8-17)20-19(21(28)16-5-9-18(25)10-6-16)22(29)23(30)27(20)13-14-2-1-11-26-12-14/h1-12,20,28H,13H2. The monoisotopic (exact) mass is 422 g/mol. The number of benzene rings is 2. The van der Waals surface area contributed by atoms with Crippen molar-refractivity contribution in [2.75, 3.05) is 0 Å². The molecule has 5 nitrogen and oxygen atoms in total. The lowest BCUT2D eigenvalue weighted by Gasteiger charge is -2.27. The molecule has 1 fully saturated rings. The van der Waals surface area contributed by atoms with Crippen LogP contribution in [0, 0.1) is 5.82 Å². The van der Waals surface area contributed by atoms with Gasteiger partial charge in [0.25, 0.3) is 5.91 Å². The molecule has 4 rings (SSSR count). The molecule has 7 heteroatoms. The highest BCUT2D eigenvalue weighted by Crippen LogP contribution is 2.39. The smallest absolute Gasteiger partial charge is 0.295 e. The summed E-state index contributed by atoms with van der Waals surface area (Å²) < 4.78 is 13.3. The van der Waals surface area contributed by atoms with E-state index in [9.17, 15) is 19.1 Å². The van der Waals surface area contributed by atoms with Crippen LogP contribution in [0.3, 0.4) is 0 Å². The van der Waals surface area contributed by atoms with E-state index in [2.05, 4.69) is 4.98 Å². The first-order valence-corrected chi connectivity index (χ1v) is 9.56. The Morgan fingerprint density at radius 2 is 1.77 bits per heavy atom. The Hall–Kier alpha value is -3.51. The summed E-state index contributed by atoms with van der Waals surface area (Å²) in [6.07, 6.45) is 3.45. The molecule has 0 saturated carbocycles. The van der Waals surface area contributed by atoms with Crippen LogP contribution in [-0.4, -0.2) is 16.6 Å². The number of Topliss-reactive ketones (excluding diaryl/α,β-unsaturated/α-hetero) is 1. The second kappa shape index (κ2) is 8.08. The van der Waals surface area contributed by atoms with Crippen LogP contribution in [0.25, 0.3) is 5.76 Å². The van der Waals surface area contributed by atoms with Gasteiger partial charge >= 0.3 is 0 Å². The number of aromatic amines is 1. The molecule has 1 saturated heterocycles. The highest BCUT2D eigenvalue weighted by molar-refractivity contribution is 6.46. The van der Waals surface area contributed by atoms with Crippen molar-refractivity contribution in [1.29, 1.82) is 0 Å². The molecular formula is C23H16ClFN2O3. The number of pyridine rings is 1. The van der Waals surface area contributed by atoms with Crippen LogP contribution < -0.4 is 10.1 Å². The highest BCUT2D eigenvalue weighted by Gasteiger charge is 2.44. The van der Waals surface area contributed by atoms with Gasteiger partial charge in [-0.1, -0.05) is 41.6 Å². The maximum Gasteiger partial charge on any atom is 0.295 e. The molecule has 30 heavy (non-hydrogen) atoms. The lowest BCUT2D eigenvalue weighted by Crippen LogP contribution is -2.29. The average molecular weight is 423 g/mol. The van der Waals surface area contributed by atoms with Gasteiger partial charge in [0, 0.05) is 22.2 Å². The summed E-state index contributed by atoms with van der Waals surface area (Å²) in [5.74, 6) is -2.72. The van der Waals surface area contributed by atoms with Gasteiger partial charge in [-0.3, -0.25) is 9.59 Å². The van der Waals surface area contributed by atoms with Gasteiger partial charge in [0.05, 0.1) is 12.6 Å². The van der Waals surface area contributed by atoms with E-state index in [1.165, 1.54) is 17.0 Å². The Balaban J connectivity index is 1.85. The number of likely N-dealkylation sites (tertiary alicyclic amines) is 1. The Labute approximate surface area is 177 Å². The van der Waals surface area contributed by atoms with Crippen LogP contribution in [0.1, 0.15) is 22.7 Å². The van der Waals surface area contributed by atoms with Gasteiger partial charge in [0.15, 0.2) is 12.4 Å². The van der Waals surface area contributed by atoms with Crippen LogP contribution in [0.2, 0.25) is 5.02 Å². The zero-order valence-electron chi connectivity index (χ0n) is 15.6. The van der Waals surface area contributed by atoms with Gasteiger partial charge in [0.1, 0.15) is 5.82 Å². The number of carbonyl (C=O) groups is 2. The number of H-pyrrole nitrogens is 1. The summed E-state index contributed by atoms with van der Waals surface area (Å²) in [5.41, 5.74) is 1.34. The molecule has 0 bridgehead atoms. The predicted octanol–water partition coefficient (Wildman–Crippen LogP) is 2.72. The van der Waals surface area contributed by atoms with E-state index in [0.717, 1.165) is 17.7 Å².